The highest BCUT2D eigenvalue weighted by molar-refractivity contribution is 5.68. The highest BCUT2D eigenvalue weighted by Gasteiger charge is 2.58. The number of aromatic nitrogens is 3. The standard InChI is InChI=1S/C21H26F5N5O3/c1-19(2,3)34-18(32)30-9-12-6-7-13(10-30)15(12)27-17-28-16-14(5-4-8-31(16)29-17)33-11-20(22,23)21(24,25)26/h4-5,8,12-13,15H,6-7,9-11H2,1-3H3,(H,27,29)/t12-,13?,15?/m0/s1. The Labute approximate surface area is 192 Å². The molecule has 34 heavy (non-hydrogen) atoms. The Bertz CT molecular complexity index is 1040. The number of carbonyl (C=O) groups is 1. The zero-order chi connectivity index (χ0) is 24.9. The van der Waals surface area contributed by atoms with Gasteiger partial charge in [0.1, 0.15) is 5.60 Å². The zero-order valence-electron chi connectivity index (χ0n) is 18.9. The van der Waals surface area contributed by atoms with Crippen LogP contribution in [0, 0.1) is 11.8 Å². The Hall–Kier alpha value is -2.86. The molecule has 0 spiro atoms. The first-order valence-electron chi connectivity index (χ1n) is 10.9. The molecule has 2 aromatic rings. The molecule has 13 heteroatoms. The third-order valence-electron chi connectivity index (χ3n) is 5.93. The molecule has 1 aliphatic carbocycles. The number of fused-ring (bicyclic) bond motifs is 3. The second-order valence-corrected chi connectivity index (χ2v) is 9.72. The van der Waals surface area contributed by atoms with Gasteiger partial charge in [0.2, 0.25) is 5.95 Å². The number of hydrogen-bond acceptors (Lipinski definition) is 6. The molecule has 3 atom stereocenters. The maximum absolute atomic E-state index is 13.3. The van der Waals surface area contributed by atoms with Crippen molar-refractivity contribution >= 4 is 17.7 Å². The van der Waals surface area contributed by atoms with E-state index in [0.29, 0.717) is 13.1 Å². The van der Waals surface area contributed by atoms with Crippen molar-refractivity contribution < 1.29 is 36.2 Å². The lowest BCUT2D eigenvalue weighted by atomic mass is 9.92. The van der Waals surface area contributed by atoms with Crippen LogP contribution in [0.2, 0.25) is 0 Å². The first-order chi connectivity index (χ1) is 15.7. The second kappa shape index (κ2) is 8.42. The van der Waals surface area contributed by atoms with Gasteiger partial charge in [0.25, 0.3) is 0 Å². The molecule has 2 fully saturated rings. The molecule has 8 nitrogen and oxygen atoms in total. The van der Waals surface area contributed by atoms with Crippen molar-refractivity contribution in [2.75, 3.05) is 25.0 Å². The predicted octanol–water partition coefficient (Wildman–Crippen LogP) is 4.36. The van der Waals surface area contributed by atoms with E-state index in [1.54, 1.807) is 4.90 Å². The molecular weight excluding hydrogens is 465 g/mol. The number of halogens is 5. The number of ether oxygens (including phenoxy) is 2. The SMILES string of the molecule is CC(C)(C)OC(=O)N1CC2CC[C@@H](C1)C2Nc1nc2c(OCC(F)(F)C(F)(F)F)cccn2n1. The summed E-state index contributed by atoms with van der Waals surface area (Å²) >= 11 is 0. The second-order valence-electron chi connectivity index (χ2n) is 9.72. The molecule has 1 amide bonds. The molecule has 1 saturated carbocycles. The van der Waals surface area contributed by atoms with Gasteiger partial charge in [-0.25, -0.2) is 9.31 Å². The minimum atomic E-state index is -5.72. The van der Waals surface area contributed by atoms with Crippen LogP contribution in [-0.2, 0) is 4.74 Å². The molecule has 188 valence electrons. The number of nitrogens with zero attached hydrogens (tertiary/aromatic N) is 4. The number of piperidine rings is 1. The molecule has 2 bridgehead atoms. The highest BCUT2D eigenvalue weighted by Crippen LogP contribution is 2.39. The number of carbonyl (C=O) groups excluding carboxylic acids is 1. The van der Waals surface area contributed by atoms with Crippen molar-refractivity contribution in [2.45, 2.75) is 57.4 Å². The Kier molecular flexibility index (Phi) is 6.01. The van der Waals surface area contributed by atoms with E-state index in [0.717, 1.165) is 12.8 Å². The van der Waals surface area contributed by atoms with Crippen molar-refractivity contribution in [3.63, 3.8) is 0 Å². The predicted molar refractivity (Wildman–Crippen MR) is 111 cm³/mol. The van der Waals surface area contributed by atoms with Crippen LogP contribution in [0.5, 0.6) is 5.75 Å². The number of likely N-dealkylation sites (tertiary alicyclic amines) is 1. The van der Waals surface area contributed by atoms with Gasteiger partial charge < -0.3 is 19.7 Å². The van der Waals surface area contributed by atoms with E-state index >= 15 is 0 Å². The lowest BCUT2D eigenvalue weighted by molar-refractivity contribution is -0.289. The summed E-state index contributed by atoms with van der Waals surface area (Å²) < 4.78 is 75.4. The summed E-state index contributed by atoms with van der Waals surface area (Å²) in [4.78, 5) is 18.4. The van der Waals surface area contributed by atoms with Crippen LogP contribution < -0.4 is 10.1 Å². The van der Waals surface area contributed by atoms with Gasteiger partial charge in [-0.1, -0.05) is 0 Å². The van der Waals surface area contributed by atoms with E-state index in [1.807, 2.05) is 20.8 Å². The van der Waals surface area contributed by atoms with E-state index < -0.39 is 24.3 Å². The first-order valence-corrected chi connectivity index (χ1v) is 10.9. The van der Waals surface area contributed by atoms with Crippen molar-refractivity contribution in [1.82, 2.24) is 19.5 Å². The molecule has 1 N–H and O–H groups in total. The summed E-state index contributed by atoms with van der Waals surface area (Å²) in [6.45, 7) is 4.59. The van der Waals surface area contributed by atoms with Gasteiger partial charge >= 0.3 is 18.2 Å². The fourth-order valence-electron chi connectivity index (χ4n) is 4.39. The fourth-order valence-corrected chi connectivity index (χ4v) is 4.39. The van der Waals surface area contributed by atoms with Gasteiger partial charge in [-0.15, -0.1) is 5.10 Å². The monoisotopic (exact) mass is 491 g/mol. The van der Waals surface area contributed by atoms with Gasteiger partial charge in [-0.2, -0.15) is 26.9 Å². The van der Waals surface area contributed by atoms with Gasteiger partial charge in [-0.05, 0) is 57.6 Å². The van der Waals surface area contributed by atoms with Crippen molar-refractivity contribution in [3.05, 3.63) is 18.3 Å². The molecule has 2 aromatic heterocycles. The van der Waals surface area contributed by atoms with E-state index in [4.69, 9.17) is 9.47 Å². The van der Waals surface area contributed by atoms with Gasteiger partial charge in [0.05, 0.1) is 0 Å². The largest absolute Gasteiger partial charge is 0.483 e. The third kappa shape index (κ3) is 4.97. The Morgan fingerprint density at radius 3 is 2.38 bits per heavy atom. The molecule has 4 rings (SSSR count). The smallest absolute Gasteiger partial charge is 0.456 e. The number of anilines is 1. The Morgan fingerprint density at radius 2 is 1.79 bits per heavy atom. The number of alkyl halides is 5. The lowest BCUT2D eigenvalue weighted by Gasteiger charge is -2.38. The van der Waals surface area contributed by atoms with Crippen molar-refractivity contribution in [2.24, 2.45) is 11.8 Å². The summed E-state index contributed by atoms with van der Waals surface area (Å²) in [5.41, 5.74) is -0.572. The molecule has 1 saturated heterocycles. The van der Waals surface area contributed by atoms with Crippen LogP contribution in [0.4, 0.5) is 32.7 Å². The Morgan fingerprint density at radius 1 is 1.15 bits per heavy atom. The van der Waals surface area contributed by atoms with Crippen LogP contribution in [0.1, 0.15) is 33.6 Å². The molecule has 3 heterocycles. The molecule has 1 aliphatic heterocycles. The number of pyridine rings is 1. The van der Waals surface area contributed by atoms with Crippen LogP contribution in [0.3, 0.4) is 0 Å². The fraction of sp³-hybridized carbons (Fsp3) is 0.667. The zero-order valence-corrected chi connectivity index (χ0v) is 18.9. The van der Waals surface area contributed by atoms with Crippen LogP contribution in [0.25, 0.3) is 5.65 Å². The summed E-state index contributed by atoms with van der Waals surface area (Å²) in [6.07, 6.45) is -2.79. The highest BCUT2D eigenvalue weighted by atomic mass is 19.4. The quantitative estimate of drug-likeness (QED) is 0.626. The van der Waals surface area contributed by atoms with Crippen LogP contribution in [0.15, 0.2) is 18.3 Å². The van der Waals surface area contributed by atoms with Gasteiger partial charge in [0.15, 0.2) is 18.0 Å². The number of nitrogens with one attached hydrogen (secondary N) is 1. The summed E-state index contributed by atoms with van der Waals surface area (Å²) in [5.74, 6) is -4.76. The lowest BCUT2D eigenvalue weighted by Crippen LogP contribution is -2.51. The molecule has 0 radical (unpaired) electrons. The van der Waals surface area contributed by atoms with E-state index in [2.05, 4.69) is 15.4 Å². The van der Waals surface area contributed by atoms with E-state index in [9.17, 15) is 26.7 Å². The molecule has 0 aromatic carbocycles. The van der Waals surface area contributed by atoms with Crippen molar-refractivity contribution in [1.29, 1.82) is 0 Å². The van der Waals surface area contributed by atoms with Gasteiger partial charge in [-0.3, -0.25) is 0 Å². The number of hydrogen-bond donors (Lipinski definition) is 1. The number of rotatable bonds is 5. The average molecular weight is 491 g/mol. The molecular formula is C21H26F5N5O3. The normalized spacial score (nSPS) is 23.3. The summed E-state index contributed by atoms with van der Waals surface area (Å²) in [6, 6.07) is 2.65. The maximum atomic E-state index is 13.3. The third-order valence-corrected chi connectivity index (χ3v) is 5.93. The average Bonchev–Trinajstić information content (AvgIpc) is 3.20. The van der Waals surface area contributed by atoms with E-state index in [-0.39, 0.29) is 41.3 Å². The van der Waals surface area contributed by atoms with Crippen LogP contribution in [-0.4, -0.2) is 69.0 Å². The Balaban J connectivity index is 1.45. The minimum Gasteiger partial charge on any atom is -0.483 e. The van der Waals surface area contributed by atoms with Crippen molar-refractivity contribution in [3.8, 4) is 5.75 Å². The summed E-state index contributed by atoms with van der Waals surface area (Å²) in [7, 11) is 0. The number of amides is 1. The summed E-state index contributed by atoms with van der Waals surface area (Å²) in [5, 5.41) is 7.52. The maximum Gasteiger partial charge on any atom is 0.456 e. The van der Waals surface area contributed by atoms with Crippen LogP contribution >= 0.6 is 0 Å². The van der Waals surface area contributed by atoms with Gasteiger partial charge in [0, 0.05) is 25.3 Å². The first kappa shape index (κ1) is 24.3. The molecule has 2 aliphatic rings. The topological polar surface area (TPSA) is 81.0 Å². The van der Waals surface area contributed by atoms with E-state index in [1.165, 1.54) is 22.8 Å². The molecule has 2 unspecified atom stereocenters. The minimum absolute atomic E-state index is 0.0153.